The van der Waals surface area contributed by atoms with E-state index in [9.17, 15) is 18.0 Å². The predicted octanol–water partition coefficient (Wildman–Crippen LogP) is 4.94. The maximum Gasteiger partial charge on any atom is 0.433 e. The molecule has 0 radical (unpaired) electrons. The highest BCUT2D eigenvalue weighted by Gasteiger charge is 2.38. The largest absolute Gasteiger partial charge is 0.433 e. The van der Waals surface area contributed by atoms with E-state index in [2.05, 4.69) is 15.2 Å². The van der Waals surface area contributed by atoms with E-state index in [1.165, 1.54) is 0 Å². The number of carbonyl (C=O) groups is 1. The number of hydrogen-bond acceptors (Lipinski definition) is 5. The first-order valence-corrected chi connectivity index (χ1v) is 10.6. The van der Waals surface area contributed by atoms with Crippen LogP contribution in [0.1, 0.15) is 53.3 Å². The van der Waals surface area contributed by atoms with Crippen molar-refractivity contribution in [2.75, 3.05) is 6.54 Å². The summed E-state index contributed by atoms with van der Waals surface area (Å²) in [5, 5.41) is 7.88. The lowest BCUT2D eigenvalue weighted by Crippen LogP contribution is -2.30. The van der Waals surface area contributed by atoms with Gasteiger partial charge in [-0.2, -0.15) is 18.3 Å². The molecule has 1 saturated heterocycles. The summed E-state index contributed by atoms with van der Waals surface area (Å²) in [7, 11) is 0. The van der Waals surface area contributed by atoms with Crippen LogP contribution in [0.15, 0.2) is 53.2 Å². The van der Waals surface area contributed by atoms with Crippen molar-refractivity contribution in [3.63, 3.8) is 0 Å². The minimum absolute atomic E-state index is 0.0143. The summed E-state index contributed by atoms with van der Waals surface area (Å²) in [4.78, 5) is 19.5. The number of benzene rings is 1. The van der Waals surface area contributed by atoms with Crippen molar-refractivity contribution in [3.8, 4) is 11.3 Å². The van der Waals surface area contributed by atoms with E-state index < -0.39 is 17.8 Å². The van der Waals surface area contributed by atoms with Gasteiger partial charge in [-0.05, 0) is 25.3 Å². The van der Waals surface area contributed by atoms with Gasteiger partial charge in [-0.1, -0.05) is 42.4 Å². The second-order valence-corrected chi connectivity index (χ2v) is 7.91. The Kier molecular flexibility index (Phi) is 5.15. The Bertz CT molecular complexity index is 1310. The van der Waals surface area contributed by atoms with Crippen molar-refractivity contribution in [1.82, 2.24) is 24.7 Å². The van der Waals surface area contributed by atoms with Crippen LogP contribution in [-0.4, -0.2) is 37.1 Å². The number of aryl methyl sites for hydroxylation is 1. The van der Waals surface area contributed by atoms with Gasteiger partial charge < -0.3 is 9.42 Å². The van der Waals surface area contributed by atoms with Gasteiger partial charge in [0.1, 0.15) is 5.56 Å². The van der Waals surface area contributed by atoms with Gasteiger partial charge in [0, 0.05) is 18.2 Å². The van der Waals surface area contributed by atoms with E-state index in [1.807, 2.05) is 13.0 Å². The van der Waals surface area contributed by atoms with Crippen molar-refractivity contribution < 1.29 is 22.5 Å². The van der Waals surface area contributed by atoms with Crippen LogP contribution in [0.3, 0.4) is 0 Å². The molecule has 1 aliphatic heterocycles. The van der Waals surface area contributed by atoms with E-state index in [0.717, 1.165) is 24.4 Å². The van der Waals surface area contributed by atoms with Crippen molar-refractivity contribution in [1.29, 1.82) is 0 Å². The number of amides is 1. The van der Waals surface area contributed by atoms with E-state index in [4.69, 9.17) is 4.52 Å². The number of alkyl halides is 3. The van der Waals surface area contributed by atoms with Crippen LogP contribution in [0.2, 0.25) is 0 Å². The summed E-state index contributed by atoms with van der Waals surface area (Å²) in [5.74, 6) is 0.135. The lowest BCUT2D eigenvalue weighted by Gasteiger charge is -2.22. The zero-order chi connectivity index (χ0) is 23.2. The van der Waals surface area contributed by atoms with Gasteiger partial charge in [-0.3, -0.25) is 4.79 Å². The molecule has 3 aromatic heterocycles. The Hall–Kier alpha value is -3.69. The fourth-order valence-electron chi connectivity index (χ4n) is 4.18. The van der Waals surface area contributed by atoms with E-state index in [1.54, 1.807) is 35.2 Å². The summed E-state index contributed by atoms with van der Waals surface area (Å²) >= 11 is 0. The molecule has 1 fully saturated rings. The van der Waals surface area contributed by atoms with E-state index in [0.29, 0.717) is 35.2 Å². The van der Waals surface area contributed by atoms with E-state index in [-0.39, 0.29) is 22.9 Å². The molecule has 33 heavy (non-hydrogen) atoms. The highest BCUT2D eigenvalue weighted by Crippen LogP contribution is 2.36. The van der Waals surface area contributed by atoms with Gasteiger partial charge >= 0.3 is 6.18 Å². The Morgan fingerprint density at radius 3 is 2.70 bits per heavy atom. The van der Waals surface area contributed by atoms with Crippen molar-refractivity contribution in [2.45, 2.75) is 38.4 Å². The fourth-order valence-corrected chi connectivity index (χ4v) is 4.18. The van der Waals surface area contributed by atoms with Gasteiger partial charge in [0.25, 0.3) is 5.91 Å². The van der Waals surface area contributed by atoms with Gasteiger partial charge in [-0.15, -0.1) is 0 Å². The molecule has 0 N–H and O–H groups in total. The molecule has 0 aliphatic carbocycles. The van der Waals surface area contributed by atoms with Gasteiger partial charge in [0.2, 0.25) is 0 Å². The van der Waals surface area contributed by atoms with Crippen molar-refractivity contribution in [3.05, 3.63) is 71.4 Å². The number of aromatic nitrogens is 4. The van der Waals surface area contributed by atoms with Gasteiger partial charge in [-0.25, -0.2) is 9.50 Å². The first-order chi connectivity index (χ1) is 15.9. The molecule has 1 atom stereocenters. The monoisotopic (exact) mass is 455 g/mol. The molecular formula is C23H20F3N5O2. The molecular weight excluding hydrogens is 435 g/mol. The molecule has 0 saturated carbocycles. The topological polar surface area (TPSA) is 76.5 Å². The number of nitrogens with zero attached hydrogens (tertiary/aromatic N) is 5. The smallest absolute Gasteiger partial charge is 0.359 e. The zero-order valence-corrected chi connectivity index (χ0v) is 17.7. The van der Waals surface area contributed by atoms with Crippen molar-refractivity contribution in [2.24, 2.45) is 0 Å². The Labute approximate surface area is 186 Å². The van der Waals surface area contributed by atoms with Crippen LogP contribution >= 0.6 is 0 Å². The first-order valence-electron chi connectivity index (χ1n) is 10.6. The minimum atomic E-state index is -4.68. The average Bonchev–Trinajstić information content (AvgIpc) is 3.56. The minimum Gasteiger partial charge on any atom is -0.359 e. The molecule has 7 nitrogen and oxygen atoms in total. The average molecular weight is 455 g/mol. The summed E-state index contributed by atoms with van der Waals surface area (Å²) in [5.41, 5.74) is 0.297. The van der Waals surface area contributed by atoms with Gasteiger partial charge in [0.15, 0.2) is 17.1 Å². The Morgan fingerprint density at radius 2 is 2.00 bits per heavy atom. The van der Waals surface area contributed by atoms with Gasteiger partial charge in [0.05, 0.1) is 23.6 Å². The molecule has 5 rings (SSSR count). The standard InChI is InChI=1S/C23H20F3N5O2/c1-2-15-11-19(33-29-15)18-9-6-10-30(18)22(32)16-13-27-31-20(23(24,25)26)12-17(28-21(16)31)14-7-4-3-5-8-14/h3-5,7-8,11-13,18H,2,6,9-10H2,1H3. The third kappa shape index (κ3) is 3.75. The molecule has 1 amide bonds. The van der Waals surface area contributed by atoms with E-state index >= 15 is 0 Å². The fraction of sp³-hybridized carbons (Fsp3) is 0.304. The molecule has 4 aromatic rings. The maximum absolute atomic E-state index is 13.8. The number of halogens is 3. The Morgan fingerprint density at radius 1 is 1.21 bits per heavy atom. The molecule has 10 heteroatoms. The second kappa shape index (κ2) is 8.02. The number of fused-ring (bicyclic) bond motifs is 1. The SMILES string of the molecule is CCc1cc(C2CCCN2C(=O)c2cnn3c(C(F)(F)F)cc(-c4ccccc4)nc23)on1. The lowest BCUT2D eigenvalue weighted by molar-refractivity contribution is -0.142. The van der Waals surface area contributed by atoms with Crippen LogP contribution in [0, 0.1) is 0 Å². The molecule has 170 valence electrons. The molecule has 0 bridgehead atoms. The summed E-state index contributed by atoms with van der Waals surface area (Å²) in [6, 6.07) is 11.0. The quantitative estimate of drug-likeness (QED) is 0.436. The zero-order valence-electron chi connectivity index (χ0n) is 17.7. The number of rotatable bonds is 4. The third-order valence-corrected chi connectivity index (χ3v) is 5.84. The molecule has 1 unspecified atom stereocenters. The molecule has 1 aromatic carbocycles. The lowest BCUT2D eigenvalue weighted by atomic mass is 10.1. The molecule has 0 spiro atoms. The summed E-state index contributed by atoms with van der Waals surface area (Å²) in [6.07, 6.45) is -1.40. The molecule has 4 heterocycles. The number of hydrogen-bond donors (Lipinski definition) is 0. The third-order valence-electron chi connectivity index (χ3n) is 5.84. The normalized spacial score (nSPS) is 16.6. The predicted molar refractivity (Wildman–Crippen MR) is 112 cm³/mol. The highest BCUT2D eigenvalue weighted by molar-refractivity contribution is 6.00. The van der Waals surface area contributed by atoms with Crippen LogP contribution < -0.4 is 0 Å². The first kappa shape index (κ1) is 21.2. The summed E-state index contributed by atoms with van der Waals surface area (Å²) in [6.45, 7) is 2.40. The van der Waals surface area contributed by atoms with Crippen LogP contribution in [0.4, 0.5) is 13.2 Å². The number of likely N-dealkylation sites (tertiary alicyclic amines) is 1. The van der Waals surface area contributed by atoms with Crippen LogP contribution in [-0.2, 0) is 12.6 Å². The summed E-state index contributed by atoms with van der Waals surface area (Å²) < 4.78 is 47.6. The second-order valence-electron chi connectivity index (χ2n) is 7.91. The molecule has 1 aliphatic rings. The highest BCUT2D eigenvalue weighted by atomic mass is 19.4. The van der Waals surface area contributed by atoms with Crippen molar-refractivity contribution >= 4 is 11.6 Å². The van der Waals surface area contributed by atoms with Crippen LogP contribution in [0.5, 0.6) is 0 Å². The number of carbonyl (C=O) groups excluding carboxylic acids is 1. The van der Waals surface area contributed by atoms with Crippen LogP contribution in [0.25, 0.3) is 16.9 Å². The Balaban J connectivity index is 1.60. The maximum atomic E-state index is 13.8.